The maximum absolute atomic E-state index is 12.8. The third kappa shape index (κ3) is 4.09. The van der Waals surface area contributed by atoms with Gasteiger partial charge in [-0.15, -0.1) is 0 Å². The van der Waals surface area contributed by atoms with E-state index >= 15 is 0 Å². The smallest absolute Gasteiger partial charge is 0.335 e. The Morgan fingerprint density at radius 1 is 1.03 bits per heavy atom. The normalized spacial score (nSPS) is 14.7. The first-order chi connectivity index (χ1) is 14.9. The molecule has 1 amide bonds. The largest absolute Gasteiger partial charge is 0.478 e. The number of rotatable bonds is 5. The van der Waals surface area contributed by atoms with Crippen LogP contribution in [0.15, 0.2) is 42.5 Å². The summed E-state index contributed by atoms with van der Waals surface area (Å²) in [4.78, 5) is 26.1. The highest BCUT2D eigenvalue weighted by Crippen LogP contribution is 2.44. The second kappa shape index (κ2) is 8.58. The van der Waals surface area contributed by atoms with E-state index in [0.717, 1.165) is 35.0 Å². The molecule has 0 atom stereocenters. The van der Waals surface area contributed by atoms with Gasteiger partial charge in [0.2, 0.25) is 5.91 Å². The van der Waals surface area contributed by atoms with Gasteiger partial charge in [-0.2, -0.15) is 0 Å². The average Bonchev–Trinajstić information content (AvgIpc) is 3.08. The Balaban J connectivity index is 2.03. The Kier molecular flexibility index (Phi) is 5.86. The molecule has 31 heavy (non-hydrogen) atoms. The minimum atomic E-state index is -0.954. The van der Waals surface area contributed by atoms with Crippen LogP contribution in [0.1, 0.15) is 59.5 Å². The van der Waals surface area contributed by atoms with E-state index in [4.69, 9.17) is 0 Å². The SMILES string of the molecule is Cc1ccc(-c2c(C3CCCCC3)c3ccc(C(=O)O)cc3n2CC(=O)N(C)C)cc1. The lowest BCUT2D eigenvalue weighted by Gasteiger charge is -2.24. The van der Waals surface area contributed by atoms with Crippen molar-refractivity contribution in [3.05, 3.63) is 59.2 Å². The second-order valence-electron chi connectivity index (χ2n) is 8.87. The molecule has 0 saturated heterocycles. The van der Waals surface area contributed by atoms with Gasteiger partial charge in [0, 0.05) is 19.5 Å². The summed E-state index contributed by atoms with van der Waals surface area (Å²) in [6.07, 6.45) is 5.92. The van der Waals surface area contributed by atoms with Crippen molar-refractivity contribution < 1.29 is 14.7 Å². The number of carboxylic acids is 1. The highest BCUT2D eigenvalue weighted by atomic mass is 16.4. The number of fused-ring (bicyclic) bond motifs is 1. The average molecular weight is 419 g/mol. The molecule has 4 rings (SSSR count). The van der Waals surface area contributed by atoms with Crippen LogP contribution in [-0.2, 0) is 11.3 Å². The van der Waals surface area contributed by atoms with Crippen molar-refractivity contribution in [2.45, 2.75) is 51.5 Å². The first kappa shape index (κ1) is 21.2. The van der Waals surface area contributed by atoms with Crippen LogP contribution < -0.4 is 0 Å². The summed E-state index contributed by atoms with van der Waals surface area (Å²) in [5, 5.41) is 10.7. The second-order valence-corrected chi connectivity index (χ2v) is 8.87. The zero-order valence-electron chi connectivity index (χ0n) is 18.5. The van der Waals surface area contributed by atoms with E-state index < -0.39 is 5.97 Å². The third-order valence-corrected chi connectivity index (χ3v) is 6.48. The molecule has 1 heterocycles. The Hall–Kier alpha value is -3.08. The summed E-state index contributed by atoms with van der Waals surface area (Å²) < 4.78 is 2.04. The van der Waals surface area contributed by atoms with Gasteiger partial charge in [0.15, 0.2) is 0 Å². The van der Waals surface area contributed by atoms with Gasteiger partial charge >= 0.3 is 5.97 Å². The molecule has 1 N–H and O–H groups in total. The number of amides is 1. The van der Waals surface area contributed by atoms with Gasteiger partial charge in [-0.1, -0.05) is 55.2 Å². The standard InChI is InChI=1S/C26H30N2O3/c1-17-9-11-19(12-10-17)25-24(18-7-5-4-6-8-18)21-14-13-20(26(30)31)15-22(21)28(25)16-23(29)27(2)3/h9-15,18H,4-8,16H2,1-3H3,(H,30,31). The lowest BCUT2D eigenvalue weighted by Crippen LogP contribution is -2.26. The maximum Gasteiger partial charge on any atom is 0.335 e. The molecule has 3 aromatic rings. The molecular formula is C26H30N2O3. The fraction of sp³-hybridized carbons (Fsp3) is 0.385. The number of carboxylic acid groups (broad SMARTS) is 1. The Morgan fingerprint density at radius 2 is 1.71 bits per heavy atom. The molecule has 1 aliphatic carbocycles. The number of carbonyl (C=O) groups excluding carboxylic acids is 1. The van der Waals surface area contributed by atoms with Gasteiger partial charge in [-0.25, -0.2) is 4.79 Å². The molecule has 0 unspecified atom stereocenters. The zero-order valence-corrected chi connectivity index (χ0v) is 18.5. The number of aromatic carboxylic acids is 1. The van der Waals surface area contributed by atoms with Crippen molar-refractivity contribution in [1.29, 1.82) is 0 Å². The van der Waals surface area contributed by atoms with Crippen molar-refractivity contribution in [2.24, 2.45) is 0 Å². The molecule has 2 aromatic carbocycles. The van der Waals surface area contributed by atoms with Crippen molar-refractivity contribution in [3.63, 3.8) is 0 Å². The quantitative estimate of drug-likeness (QED) is 0.599. The van der Waals surface area contributed by atoms with Crippen molar-refractivity contribution >= 4 is 22.8 Å². The van der Waals surface area contributed by atoms with E-state index in [1.54, 1.807) is 31.1 Å². The molecule has 5 nitrogen and oxygen atoms in total. The topological polar surface area (TPSA) is 62.5 Å². The first-order valence-electron chi connectivity index (χ1n) is 11.0. The lowest BCUT2D eigenvalue weighted by molar-refractivity contribution is -0.129. The third-order valence-electron chi connectivity index (χ3n) is 6.48. The summed E-state index contributed by atoms with van der Waals surface area (Å²) in [6, 6.07) is 13.8. The molecule has 1 aliphatic rings. The summed E-state index contributed by atoms with van der Waals surface area (Å²) in [5.41, 5.74) is 5.65. The van der Waals surface area contributed by atoms with E-state index in [0.29, 0.717) is 5.92 Å². The number of aryl methyl sites for hydroxylation is 1. The molecule has 0 spiro atoms. The molecular weight excluding hydrogens is 388 g/mol. The van der Waals surface area contributed by atoms with Gasteiger partial charge in [0.05, 0.1) is 16.8 Å². The monoisotopic (exact) mass is 418 g/mol. The van der Waals surface area contributed by atoms with Crippen LogP contribution in [0.3, 0.4) is 0 Å². The first-order valence-corrected chi connectivity index (χ1v) is 11.0. The van der Waals surface area contributed by atoms with Gasteiger partial charge in [0.25, 0.3) is 0 Å². The van der Waals surface area contributed by atoms with E-state index in [9.17, 15) is 14.7 Å². The van der Waals surface area contributed by atoms with E-state index in [2.05, 4.69) is 31.2 Å². The number of hydrogen-bond donors (Lipinski definition) is 1. The molecule has 162 valence electrons. The summed E-state index contributed by atoms with van der Waals surface area (Å²) >= 11 is 0. The number of carbonyl (C=O) groups is 2. The summed E-state index contributed by atoms with van der Waals surface area (Å²) in [6.45, 7) is 2.25. The van der Waals surface area contributed by atoms with Crippen LogP contribution in [0.2, 0.25) is 0 Å². The number of nitrogens with zero attached hydrogens (tertiary/aromatic N) is 2. The van der Waals surface area contributed by atoms with E-state index in [1.807, 2.05) is 10.6 Å². The molecule has 0 radical (unpaired) electrons. The highest BCUT2D eigenvalue weighted by Gasteiger charge is 2.28. The van der Waals surface area contributed by atoms with Crippen LogP contribution in [0, 0.1) is 6.92 Å². The van der Waals surface area contributed by atoms with Gasteiger partial charge in [0.1, 0.15) is 6.54 Å². The molecule has 0 bridgehead atoms. The maximum atomic E-state index is 12.8. The molecule has 5 heteroatoms. The fourth-order valence-electron chi connectivity index (χ4n) is 4.78. The summed E-state index contributed by atoms with van der Waals surface area (Å²) in [7, 11) is 3.51. The van der Waals surface area contributed by atoms with E-state index in [-0.39, 0.29) is 18.0 Å². The Morgan fingerprint density at radius 3 is 2.32 bits per heavy atom. The van der Waals surface area contributed by atoms with Crippen LogP contribution in [0.5, 0.6) is 0 Å². The highest BCUT2D eigenvalue weighted by molar-refractivity contribution is 5.99. The van der Waals surface area contributed by atoms with Crippen molar-refractivity contribution in [1.82, 2.24) is 9.47 Å². The van der Waals surface area contributed by atoms with Gasteiger partial charge in [-0.05, 0) is 48.9 Å². The van der Waals surface area contributed by atoms with Gasteiger partial charge < -0.3 is 14.6 Å². The van der Waals surface area contributed by atoms with Crippen LogP contribution >= 0.6 is 0 Å². The van der Waals surface area contributed by atoms with Crippen LogP contribution in [0.25, 0.3) is 22.2 Å². The Labute approximate surface area is 183 Å². The van der Waals surface area contributed by atoms with Crippen LogP contribution in [-0.4, -0.2) is 40.5 Å². The lowest BCUT2D eigenvalue weighted by atomic mass is 9.81. The number of hydrogen-bond acceptors (Lipinski definition) is 2. The minimum Gasteiger partial charge on any atom is -0.478 e. The number of benzene rings is 2. The van der Waals surface area contributed by atoms with Crippen molar-refractivity contribution in [3.8, 4) is 11.3 Å². The predicted octanol–water partition coefficient (Wildman–Crippen LogP) is 5.45. The Bertz CT molecular complexity index is 1120. The fourth-order valence-corrected chi connectivity index (χ4v) is 4.78. The zero-order chi connectivity index (χ0) is 22.1. The number of aromatic nitrogens is 1. The van der Waals surface area contributed by atoms with Gasteiger partial charge in [-0.3, -0.25) is 4.79 Å². The molecule has 1 aromatic heterocycles. The van der Waals surface area contributed by atoms with Crippen LogP contribution in [0.4, 0.5) is 0 Å². The minimum absolute atomic E-state index is 0.0128. The van der Waals surface area contributed by atoms with Crippen molar-refractivity contribution in [2.75, 3.05) is 14.1 Å². The summed E-state index contributed by atoms with van der Waals surface area (Å²) in [5.74, 6) is -0.551. The molecule has 1 saturated carbocycles. The van der Waals surface area contributed by atoms with E-state index in [1.165, 1.54) is 30.4 Å². The number of likely N-dealkylation sites (N-methyl/N-ethyl adjacent to an activating group) is 1. The molecule has 1 fully saturated rings. The predicted molar refractivity (Wildman–Crippen MR) is 124 cm³/mol. The molecule has 0 aliphatic heterocycles.